The molecule has 1 N–H and O–H groups in total. The monoisotopic (exact) mass is 238 g/mol. The van der Waals surface area contributed by atoms with Crippen LogP contribution in [0.25, 0.3) is 0 Å². The van der Waals surface area contributed by atoms with Crippen LogP contribution in [0.5, 0.6) is 0 Å². The predicted molar refractivity (Wildman–Crippen MR) is 68.8 cm³/mol. The van der Waals surface area contributed by atoms with Crippen molar-refractivity contribution in [2.75, 3.05) is 13.1 Å². The van der Waals surface area contributed by atoms with Crippen molar-refractivity contribution in [2.45, 2.75) is 32.5 Å². The Labute approximate surface area is 103 Å². The Balaban J connectivity index is 2.00. The zero-order valence-corrected chi connectivity index (χ0v) is 10.7. The molecule has 2 nitrogen and oxygen atoms in total. The van der Waals surface area contributed by atoms with Gasteiger partial charge < -0.3 is 5.32 Å². The summed E-state index contributed by atoms with van der Waals surface area (Å²) in [5.41, 5.74) is 1.34. The summed E-state index contributed by atoms with van der Waals surface area (Å²) in [6.45, 7) is 7.72. The Morgan fingerprint density at radius 1 is 1.31 bits per heavy atom. The van der Waals surface area contributed by atoms with Gasteiger partial charge in [0.2, 0.25) is 0 Å². The van der Waals surface area contributed by atoms with Crippen LogP contribution in [-0.2, 0) is 6.54 Å². The van der Waals surface area contributed by atoms with Crippen LogP contribution >= 0.6 is 11.6 Å². The fourth-order valence-electron chi connectivity index (χ4n) is 2.14. The number of halogens is 1. The topological polar surface area (TPSA) is 15.3 Å². The van der Waals surface area contributed by atoms with Crippen molar-refractivity contribution < 1.29 is 0 Å². The highest BCUT2D eigenvalue weighted by atomic mass is 35.5. The molecule has 1 fully saturated rings. The van der Waals surface area contributed by atoms with E-state index in [4.69, 9.17) is 11.6 Å². The summed E-state index contributed by atoms with van der Waals surface area (Å²) in [6.07, 6.45) is 0. The molecular formula is C13H19ClN2. The number of piperazine rings is 1. The highest BCUT2D eigenvalue weighted by Gasteiger charge is 2.21. The molecule has 0 aliphatic carbocycles. The molecule has 3 heteroatoms. The maximum Gasteiger partial charge on any atom is 0.0406 e. The average molecular weight is 239 g/mol. The lowest BCUT2D eigenvalue weighted by molar-refractivity contribution is 0.139. The van der Waals surface area contributed by atoms with E-state index < -0.39 is 0 Å². The van der Waals surface area contributed by atoms with Crippen molar-refractivity contribution in [3.63, 3.8) is 0 Å². The second kappa shape index (κ2) is 5.17. The highest BCUT2D eigenvalue weighted by molar-refractivity contribution is 6.30. The van der Waals surface area contributed by atoms with Gasteiger partial charge in [-0.1, -0.05) is 23.7 Å². The largest absolute Gasteiger partial charge is 0.311 e. The van der Waals surface area contributed by atoms with Crippen LogP contribution in [0.2, 0.25) is 5.02 Å². The molecule has 88 valence electrons. The lowest BCUT2D eigenvalue weighted by Crippen LogP contribution is -2.53. The van der Waals surface area contributed by atoms with Gasteiger partial charge in [0.05, 0.1) is 0 Å². The fraction of sp³-hybridized carbons (Fsp3) is 0.538. The van der Waals surface area contributed by atoms with Gasteiger partial charge in [0, 0.05) is 36.7 Å². The lowest BCUT2D eigenvalue weighted by Gasteiger charge is -2.37. The van der Waals surface area contributed by atoms with Crippen molar-refractivity contribution in [3.05, 3.63) is 34.9 Å². The molecular weight excluding hydrogens is 220 g/mol. The summed E-state index contributed by atoms with van der Waals surface area (Å²) in [6, 6.07) is 9.35. The Morgan fingerprint density at radius 3 is 2.69 bits per heavy atom. The molecule has 1 aliphatic rings. The maximum absolute atomic E-state index is 5.88. The normalized spacial score (nSPS) is 26.9. The van der Waals surface area contributed by atoms with E-state index in [1.54, 1.807) is 0 Å². The summed E-state index contributed by atoms with van der Waals surface area (Å²) in [5.74, 6) is 0. The summed E-state index contributed by atoms with van der Waals surface area (Å²) in [4.78, 5) is 2.52. The SMILES string of the molecule is C[C@H]1CN(Cc2ccc(Cl)cc2)[C@@H](C)CN1. The second-order valence-electron chi connectivity index (χ2n) is 4.71. The zero-order valence-electron chi connectivity index (χ0n) is 9.91. The smallest absolute Gasteiger partial charge is 0.0406 e. The second-order valence-corrected chi connectivity index (χ2v) is 5.15. The van der Waals surface area contributed by atoms with Crippen molar-refractivity contribution in [3.8, 4) is 0 Å². The molecule has 16 heavy (non-hydrogen) atoms. The molecule has 1 aromatic carbocycles. The molecule has 2 atom stereocenters. The van der Waals surface area contributed by atoms with Gasteiger partial charge in [0.15, 0.2) is 0 Å². The number of rotatable bonds is 2. The molecule has 0 amide bonds. The Kier molecular flexibility index (Phi) is 3.85. The maximum atomic E-state index is 5.88. The van der Waals surface area contributed by atoms with Gasteiger partial charge in [-0.3, -0.25) is 4.90 Å². The van der Waals surface area contributed by atoms with Crippen molar-refractivity contribution in [1.29, 1.82) is 0 Å². The van der Waals surface area contributed by atoms with Crippen LogP contribution < -0.4 is 5.32 Å². The lowest BCUT2D eigenvalue weighted by atomic mass is 10.1. The van der Waals surface area contributed by atoms with Gasteiger partial charge in [-0.15, -0.1) is 0 Å². The minimum atomic E-state index is 0.587. The fourth-order valence-corrected chi connectivity index (χ4v) is 2.27. The Morgan fingerprint density at radius 2 is 2.00 bits per heavy atom. The molecule has 0 bridgehead atoms. The molecule has 1 aromatic rings. The van der Waals surface area contributed by atoms with Gasteiger partial charge in [-0.2, -0.15) is 0 Å². The summed E-state index contributed by atoms with van der Waals surface area (Å²) >= 11 is 5.88. The van der Waals surface area contributed by atoms with Gasteiger partial charge in [0.25, 0.3) is 0 Å². The molecule has 0 saturated carbocycles. The average Bonchev–Trinajstić information content (AvgIpc) is 2.27. The Bertz CT molecular complexity index is 336. The number of hydrogen-bond donors (Lipinski definition) is 1. The van der Waals surface area contributed by atoms with Gasteiger partial charge in [-0.25, -0.2) is 0 Å². The predicted octanol–water partition coefficient (Wildman–Crippen LogP) is 2.52. The van der Waals surface area contributed by atoms with E-state index in [2.05, 4.69) is 36.2 Å². The first kappa shape index (κ1) is 11.9. The van der Waals surface area contributed by atoms with Crippen LogP contribution in [0.4, 0.5) is 0 Å². The van der Waals surface area contributed by atoms with E-state index in [0.717, 1.165) is 24.7 Å². The first-order chi connectivity index (χ1) is 7.65. The summed E-state index contributed by atoms with van der Waals surface area (Å²) < 4.78 is 0. The molecule has 0 aromatic heterocycles. The third-order valence-corrected chi connectivity index (χ3v) is 3.44. The van der Waals surface area contributed by atoms with E-state index in [1.807, 2.05) is 12.1 Å². The zero-order chi connectivity index (χ0) is 11.5. The number of nitrogens with zero attached hydrogens (tertiary/aromatic N) is 1. The van der Waals surface area contributed by atoms with E-state index in [0.29, 0.717) is 12.1 Å². The van der Waals surface area contributed by atoms with Crippen molar-refractivity contribution in [2.24, 2.45) is 0 Å². The molecule has 1 saturated heterocycles. The van der Waals surface area contributed by atoms with Gasteiger partial charge in [0.1, 0.15) is 0 Å². The van der Waals surface area contributed by atoms with Crippen LogP contribution in [0.15, 0.2) is 24.3 Å². The molecule has 0 unspecified atom stereocenters. The Hall–Kier alpha value is -0.570. The minimum Gasteiger partial charge on any atom is -0.311 e. The van der Waals surface area contributed by atoms with Crippen molar-refractivity contribution >= 4 is 11.6 Å². The third kappa shape index (κ3) is 2.97. The highest BCUT2D eigenvalue weighted by Crippen LogP contribution is 2.14. The summed E-state index contributed by atoms with van der Waals surface area (Å²) in [5, 5.41) is 4.30. The molecule has 0 spiro atoms. The van der Waals surface area contributed by atoms with Gasteiger partial charge >= 0.3 is 0 Å². The summed E-state index contributed by atoms with van der Waals surface area (Å²) in [7, 11) is 0. The molecule has 1 heterocycles. The van der Waals surface area contributed by atoms with Crippen LogP contribution in [0.3, 0.4) is 0 Å². The molecule has 1 aliphatic heterocycles. The quantitative estimate of drug-likeness (QED) is 0.852. The number of hydrogen-bond acceptors (Lipinski definition) is 2. The standard InChI is InChI=1S/C13H19ClN2/c1-10-8-16(11(2)7-15-10)9-12-3-5-13(14)6-4-12/h3-6,10-11,15H,7-9H2,1-2H3/t10-,11-/m0/s1. The molecule has 0 radical (unpaired) electrons. The minimum absolute atomic E-state index is 0.587. The molecule has 2 rings (SSSR count). The van der Waals surface area contributed by atoms with Crippen LogP contribution in [0, 0.1) is 0 Å². The van der Waals surface area contributed by atoms with E-state index in [9.17, 15) is 0 Å². The third-order valence-electron chi connectivity index (χ3n) is 3.19. The van der Waals surface area contributed by atoms with Crippen molar-refractivity contribution in [1.82, 2.24) is 10.2 Å². The number of nitrogens with one attached hydrogen (secondary N) is 1. The van der Waals surface area contributed by atoms with E-state index in [-0.39, 0.29) is 0 Å². The van der Waals surface area contributed by atoms with Gasteiger partial charge in [-0.05, 0) is 31.5 Å². The van der Waals surface area contributed by atoms with E-state index >= 15 is 0 Å². The van der Waals surface area contributed by atoms with Crippen LogP contribution in [0.1, 0.15) is 19.4 Å². The van der Waals surface area contributed by atoms with Crippen LogP contribution in [-0.4, -0.2) is 30.1 Å². The van der Waals surface area contributed by atoms with E-state index in [1.165, 1.54) is 5.56 Å². The number of benzene rings is 1. The first-order valence-electron chi connectivity index (χ1n) is 5.87. The first-order valence-corrected chi connectivity index (χ1v) is 6.25.